The molecule has 0 aliphatic heterocycles. The molecule has 1 rings (SSSR count). The number of thiocarbonyl (C=S) groups is 1. The van der Waals surface area contributed by atoms with Gasteiger partial charge in [0, 0.05) is 12.7 Å². The minimum Gasteiger partial charge on any atom is -0.366 e. The molecule has 1 aromatic rings. The molecule has 6 heteroatoms. The molecule has 0 unspecified atom stereocenters. The molecule has 0 atom stereocenters. The number of nitrogens with one attached hydrogen (secondary N) is 2. The van der Waals surface area contributed by atoms with Crippen molar-refractivity contribution in [2.45, 2.75) is 24.7 Å². The van der Waals surface area contributed by atoms with Crippen LogP contribution >= 0.6 is 12.2 Å². The van der Waals surface area contributed by atoms with Gasteiger partial charge in [-0.3, -0.25) is 0 Å². The molecular formula is C12H18N2O2S2. The lowest BCUT2D eigenvalue weighted by Gasteiger charge is -2.08. The lowest BCUT2D eigenvalue weighted by atomic mass is 10.3. The summed E-state index contributed by atoms with van der Waals surface area (Å²) in [5.74, 6) is 0.200. The predicted molar refractivity (Wildman–Crippen MR) is 78.7 cm³/mol. The molecule has 0 aliphatic carbocycles. The molecule has 0 saturated carbocycles. The second-order valence-electron chi connectivity index (χ2n) is 3.90. The second kappa shape index (κ2) is 6.70. The summed E-state index contributed by atoms with van der Waals surface area (Å²) in [4.78, 5) is 0.358. The monoisotopic (exact) mass is 286 g/mol. The minimum absolute atomic E-state index is 0.200. The molecule has 0 radical (unpaired) electrons. The van der Waals surface area contributed by atoms with Crippen molar-refractivity contribution in [2.24, 2.45) is 0 Å². The Balaban J connectivity index is 2.79. The van der Waals surface area contributed by atoms with Gasteiger partial charge in [0.2, 0.25) is 0 Å². The van der Waals surface area contributed by atoms with Gasteiger partial charge in [0.1, 0.15) is 0 Å². The highest BCUT2D eigenvalue weighted by Gasteiger charge is 2.13. The minimum atomic E-state index is -3.15. The zero-order valence-electron chi connectivity index (χ0n) is 10.6. The molecule has 0 bridgehead atoms. The van der Waals surface area contributed by atoms with Crippen LogP contribution in [0.5, 0.6) is 0 Å². The van der Waals surface area contributed by atoms with Crippen LogP contribution in [0.15, 0.2) is 29.2 Å². The van der Waals surface area contributed by atoms with Crippen LogP contribution in [-0.2, 0) is 9.84 Å². The normalized spacial score (nSPS) is 11.0. The average molecular weight is 286 g/mol. The standard InChI is InChI=1S/C12H18N2O2S2/c1-3-4-9-18(15,16)11-7-5-10(6-8-11)14-12(17)13-2/h5-8H,3-4,9H2,1-2H3,(H2,13,14,17). The van der Waals surface area contributed by atoms with Crippen LogP contribution < -0.4 is 10.6 Å². The third-order valence-electron chi connectivity index (χ3n) is 2.46. The Kier molecular flexibility index (Phi) is 5.55. The fourth-order valence-electron chi connectivity index (χ4n) is 1.39. The van der Waals surface area contributed by atoms with Gasteiger partial charge in [-0.1, -0.05) is 13.3 Å². The summed E-state index contributed by atoms with van der Waals surface area (Å²) in [6, 6.07) is 6.63. The van der Waals surface area contributed by atoms with Crippen LogP contribution in [-0.4, -0.2) is 26.3 Å². The Morgan fingerprint density at radius 3 is 2.39 bits per heavy atom. The maximum absolute atomic E-state index is 11.9. The molecular weight excluding hydrogens is 268 g/mol. The first kappa shape index (κ1) is 14.9. The van der Waals surface area contributed by atoms with E-state index in [1.807, 2.05) is 6.92 Å². The Morgan fingerprint density at radius 2 is 1.89 bits per heavy atom. The summed E-state index contributed by atoms with van der Waals surface area (Å²) in [5, 5.41) is 6.22. The molecule has 0 aliphatic rings. The van der Waals surface area contributed by atoms with E-state index >= 15 is 0 Å². The number of unbranched alkanes of at least 4 members (excludes halogenated alkanes) is 1. The first-order chi connectivity index (χ1) is 8.49. The summed E-state index contributed by atoms with van der Waals surface area (Å²) >= 11 is 4.96. The maximum Gasteiger partial charge on any atom is 0.178 e. The maximum atomic E-state index is 11.9. The Labute approximate surface area is 114 Å². The number of rotatable bonds is 5. The molecule has 0 spiro atoms. The first-order valence-electron chi connectivity index (χ1n) is 5.81. The van der Waals surface area contributed by atoms with E-state index in [-0.39, 0.29) is 5.75 Å². The molecule has 0 saturated heterocycles. The van der Waals surface area contributed by atoms with Gasteiger partial charge in [-0.25, -0.2) is 8.42 Å². The fourth-order valence-corrected chi connectivity index (χ4v) is 2.96. The van der Waals surface area contributed by atoms with Crippen molar-refractivity contribution in [2.75, 3.05) is 18.1 Å². The predicted octanol–water partition coefficient (Wildman–Crippen LogP) is 2.18. The number of anilines is 1. The van der Waals surface area contributed by atoms with Crippen LogP contribution in [0.25, 0.3) is 0 Å². The van der Waals surface area contributed by atoms with E-state index in [1.165, 1.54) is 0 Å². The Bertz CT molecular complexity index is 495. The van der Waals surface area contributed by atoms with Gasteiger partial charge < -0.3 is 10.6 Å². The smallest absolute Gasteiger partial charge is 0.178 e. The number of benzene rings is 1. The molecule has 0 aromatic heterocycles. The van der Waals surface area contributed by atoms with Crippen molar-refractivity contribution in [3.05, 3.63) is 24.3 Å². The molecule has 18 heavy (non-hydrogen) atoms. The number of hydrogen-bond acceptors (Lipinski definition) is 3. The van der Waals surface area contributed by atoms with E-state index in [9.17, 15) is 8.42 Å². The summed E-state index contributed by atoms with van der Waals surface area (Å²) in [7, 11) is -1.43. The van der Waals surface area contributed by atoms with Crippen molar-refractivity contribution in [3.63, 3.8) is 0 Å². The van der Waals surface area contributed by atoms with Gasteiger partial charge in [0.15, 0.2) is 14.9 Å². The van der Waals surface area contributed by atoms with Crippen molar-refractivity contribution in [1.29, 1.82) is 0 Å². The molecule has 0 amide bonds. The number of sulfone groups is 1. The van der Waals surface area contributed by atoms with Crippen molar-refractivity contribution in [3.8, 4) is 0 Å². The van der Waals surface area contributed by atoms with Crippen LogP contribution in [0.2, 0.25) is 0 Å². The molecule has 2 N–H and O–H groups in total. The van der Waals surface area contributed by atoms with Crippen molar-refractivity contribution in [1.82, 2.24) is 5.32 Å². The average Bonchev–Trinajstić information content (AvgIpc) is 2.37. The highest BCUT2D eigenvalue weighted by molar-refractivity contribution is 7.91. The van der Waals surface area contributed by atoms with E-state index in [0.717, 1.165) is 12.1 Å². The summed E-state index contributed by atoms with van der Waals surface area (Å²) < 4.78 is 23.8. The molecule has 4 nitrogen and oxygen atoms in total. The SMILES string of the molecule is CCCCS(=O)(=O)c1ccc(NC(=S)NC)cc1. The zero-order valence-corrected chi connectivity index (χ0v) is 12.2. The third kappa shape index (κ3) is 4.27. The highest BCUT2D eigenvalue weighted by Crippen LogP contribution is 2.16. The molecule has 0 fully saturated rings. The van der Waals surface area contributed by atoms with E-state index in [0.29, 0.717) is 16.4 Å². The molecule has 0 heterocycles. The summed E-state index contributed by atoms with van der Waals surface area (Å²) in [6.07, 6.45) is 1.56. The van der Waals surface area contributed by atoms with E-state index in [4.69, 9.17) is 12.2 Å². The van der Waals surface area contributed by atoms with E-state index in [1.54, 1.807) is 31.3 Å². The highest BCUT2D eigenvalue weighted by atomic mass is 32.2. The topological polar surface area (TPSA) is 58.2 Å². The second-order valence-corrected chi connectivity index (χ2v) is 6.42. The lowest BCUT2D eigenvalue weighted by molar-refractivity contribution is 0.592. The summed E-state index contributed by atoms with van der Waals surface area (Å²) in [6.45, 7) is 1.97. The van der Waals surface area contributed by atoms with Crippen LogP contribution in [0.3, 0.4) is 0 Å². The van der Waals surface area contributed by atoms with Crippen LogP contribution in [0, 0.1) is 0 Å². The zero-order chi connectivity index (χ0) is 13.6. The van der Waals surface area contributed by atoms with Crippen molar-refractivity contribution < 1.29 is 8.42 Å². The fraction of sp³-hybridized carbons (Fsp3) is 0.417. The van der Waals surface area contributed by atoms with Gasteiger partial charge >= 0.3 is 0 Å². The van der Waals surface area contributed by atoms with Gasteiger partial charge in [-0.05, 0) is 42.9 Å². The Morgan fingerprint density at radius 1 is 1.28 bits per heavy atom. The third-order valence-corrected chi connectivity index (χ3v) is 4.59. The number of hydrogen-bond donors (Lipinski definition) is 2. The van der Waals surface area contributed by atoms with Gasteiger partial charge in [-0.15, -0.1) is 0 Å². The summed E-state index contributed by atoms with van der Waals surface area (Å²) in [5.41, 5.74) is 0.767. The molecule has 100 valence electrons. The van der Waals surface area contributed by atoms with Gasteiger partial charge in [0.05, 0.1) is 10.6 Å². The molecule has 1 aromatic carbocycles. The van der Waals surface area contributed by atoms with Crippen molar-refractivity contribution >= 4 is 32.9 Å². The van der Waals surface area contributed by atoms with Crippen LogP contribution in [0.4, 0.5) is 5.69 Å². The largest absolute Gasteiger partial charge is 0.366 e. The van der Waals surface area contributed by atoms with E-state index in [2.05, 4.69) is 10.6 Å². The first-order valence-corrected chi connectivity index (χ1v) is 7.87. The van der Waals surface area contributed by atoms with E-state index < -0.39 is 9.84 Å². The van der Waals surface area contributed by atoms with Crippen LogP contribution in [0.1, 0.15) is 19.8 Å². The van der Waals surface area contributed by atoms with Gasteiger partial charge in [-0.2, -0.15) is 0 Å². The lowest BCUT2D eigenvalue weighted by Crippen LogP contribution is -2.24. The quantitative estimate of drug-likeness (QED) is 0.813. The van der Waals surface area contributed by atoms with Gasteiger partial charge in [0.25, 0.3) is 0 Å². The Hall–Kier alpha value is -1.14.